The van der Waals surface area contributed by atoms with Gasteiger partial charge in [0.25, 0.3) is 0 Å². The molecule has 10 nitrogen and oxygen atoms in total. The Balaban J connectivity index is 1.40. The second kappa shape index (κ2) is 10.8. The molecule has 0 aliphatic carbocycles. The molecule has 37 heavy (non-hydrogen) atoms. The van der Waals surface area contributed by atoms with Crippen molar-refractivity contribution in [2.45, 2.75) is 39.4 Å². The minimum atomic E-state index is -0.261. The number of amidine groups is 1. The second-order valence-corrected chi connectivity index (χ2v) is 9.19. The summed E-state index contributed by atoms with van der Waals surface area (Å²) >= 11 is 0. The number of tetrazole rings is 1. The van der Waals surface area contributed by atoms with Crippen LogP contribution in [0.5, 0.6) is 0 Å². The molecule has 1 unspecified atom stereocenters. The Bertz CT molecular complexity index is 1290. The van der Waals surface area contributed by atoms with Crippen molar-refractivity contribution in [3.8, 4) is 22.5 Å². The van der Waals surface area contributed by atoms with E-state index >= 15 is 0 Å². The number of carbonyl (C=O) groups is 1. The van der Waals surface area contributed by atoms with Crippen LogP contribution in [0.25, 0.3) is 22.5 Å². The Kier molecular flexibility index (Phi) is 7.16. The molecule has 0 spiro atoms. The first kappa shape index (κ1) is 24.5. The number of rotatable bonds is 9. The highest BCUT2D eigenvalue weighted by Crippen LogP contribution is 2.32. The summed E-state index contributed by atoms with van der Waals surface area (Å²) in [6.45, 7) is 6.75. The molecule has 3 aromatic rings. The number of hydrogen-bond acceptors (Lipinski definition) is 9. The van der Waals surface area contributed by atoms with Crippen LogP contribution in [0.2, 0.25) is 0 Å². The van der Waals surface area contributed by atoms with Crippen LogP contribution in [0.1, 0.15) is 32.3 Å². The number of ether oxygens (including phenoxy) is 1. The number of aromatic nitrogens is 4. The van der Waals surface area contributed by atoms with Gasteiger partial charge in [-0.15, -0.1) is 10.2 Å². The van der Waals surface area contributed by atoms with Gasteiger partial charge in [-0.2, -0.15) is 5.21 Å². The van der Waals surface area contributed by atoms with Crippen LogP contribution in [0.3, 0.4) is 0 Å². The van der Waals surface area contributed by atoms with Crippen LogP contribution < -0.4 is 0 Å². The number of fused-ring (bicyclic) bond motifs is 1. The Labute approximate surface area is 216 Å². The van der Waals surface area contributed by atoms with Crippen molar-refractivity contribution < 1.29 is 9.53 Å². The molecule has 0 saturated heterocycles. The molecule has 2 aromatic carbocycles. The molecule has 1 aromatic heterocycles. The van der Waals surface area contributed by atoms with Crippen molar-refractivity contribution in [2.24, 2.45) is 4.99 Å². The molecule has 192 valence electrons. The lowest BCUT2D eigenvalue weighted by atomic mass is 9.98. The maximum atomic E-state index is 12.1. The number of carbonyl (C=O) groups excluding carboxylic acids is 1. The number of esters is 1. The van der Waals surface area contributed by atoms with Crippen molar-refractivity contribution in [2.75, 3.05) is 26.9 Å². The van der Waals surface area contributed by atoms with Gasteiger partial charge in [0.15, 0.2) is 5.84 Å². The lowest BCUT2D eigenvalue weighted by molar-refractivity contribution is -0.141. The average Bonchev–Trinajstić information content (AvgIpc) is 3.58. The van der Waals surface area contributed by atoms with Gasteiger partial charge in [0.1, 0.15) is 12.7 Å². The van der Waals surface area contributed by atoms with E-state index in [2.05, 4.69) is 80.8 Å². The zero-order chi connectivity index (χ0) is 25.8. The topological polar surface area (TPSA) is 103 Å². The molecule has 0 radical (unpaired) electrons. The van der Waals surface area contributed by atoms with E-state index < -0.39 is 0 Å². The van der Waals surface area contributed by atoms with Gasteiger partial charge < -0.3 is 19.4 Å². The smallest absolute Gasteiger partial charge is 0.325 e. The highest BCUT2D eigenvalue weighted by molar-refractivity contribution is 6.01. The van der Waals surface area contributed by atoms with E-state index in [0.717, 1.165) is 54.2 Å². The summed E-state index contributed by atoms with van der Waals surface area (Å²) < 4.78 is 4.95. The van der Waals surface area contributed by atoms with E-state index in [9.17, 15) is 4.79 Å². The van der Waals surface area contributed by atoms with E-state index in [4.69, 9.17) is 9.73 Å². The summed E-state index contributed by atoms with van der Waals surface area (Å²) in [5, 5.41) is 14.5. The van der Waals surface area contributed by atoms with Crippen molar-refractivity contribution >= 4 is 11.8 Å². The Morgan fingerprint density at radius 1 is 1.11 bits per heavy atom. The van der Waals surface area contributed by atoms with Gasteiger partial charge in [0, 0.05) is 24.9 Å². The minimum Gasteiger partial charge on any atom is -0.468 e. The molecular formula is C27H32N8O2. The van der Waals surface area contributed by atoms with Crippen molar-refractivity contribution in [3.05, 3.63) is 66.0 Å². The summed E-state index contributed by atoms with van der Waals surface area (Å²) in [6, 6.07) is 16.6. The SMILES string of the molecule is CCCN1C=C2C(=NC(CC)N2Cc2ccc(-c3ccccc3-c3nn[nH]n3)cc2)N(CC(=O)OC)C1. The van der Waals surface area contributed by atoms with E-state index in [1.54, 1.807) is 0 Å². The maximum absolute atomic E-state index is 12.1. The number of aromatic amines is 1. The number of benzene rings is 2. The molecule has 2 aliphatic rings. The zero-order valence-corrected chi connectivity index (χ0v) is 21.5. The van der Waals surface area contributed by atoms with Crippen LogP contribution in [-0.4, -0.2) is 80.2 Å². The summed E-state index contributed by atoms with van der Waals surface area (Å²) in [6.07, 6.45) is 4.10. The first-order valence-electron chi connectivity index (χ1n) is 12.7. The van der Waals surface area contributed by atoms with Gasteiger partial charge in [0.05, 0.1) is 19.5 Å². The van der Waals surface area contributed by atoms with Crippen molar-refractivity contribution in [1.29, 1.82) is 0 Å². The maximum Gasteiger partial charge on any atom is 0.325 e. The fourth-order valence-electron chi connectivity index (χ4n) is 4.90. The van der Waals surface area contributed by atoms with Gasteiger partial charge in [-0.05, 0) is 34.7 Å². The van der Waals surface area contributed by atoms with E-state index in [0.29, 0.717) is 12.5 Å². The number of nitrogens with zero attached hydrogens (tertiary/aromatic N) is 7. The highest BCUT2D eigenvalue weighted by atomic mass is 16.5. The lowest BCUT2D eigenvalue weighted by Crippen LogP contribution is -2.48. The fraction of sp³-hybridized carbons (Fsp3) is 0.370. The number of H-pyrrole nitrogens is 1. The quantitative estimate of drug-likeness (QED) is 0.446. The van der Waals surface area contributed by atoms with Crippen LogP contribution in [-0.2, 0) is 16.1 Å². The third kappa shape index (κ3) is 5.04. The monoisotopic (exact) mass is 500 g/mol. The molecule has 1 atom stereocenters. The Morgan fingerprint density at radius 2 is 1.89 bits per heavy atom. The number of aliphatic imine (C=N–C) groups is 1. The number of methoxy groups -OCH3 is 1. The van der Waals surface area contributed by atoms with Crippen LogP contribution >= 0.6 is 0 Å². The molecule has 5 rings (SSSR count). The molecule has 0 saturated carbocycles. The molecular weight excluding hydrogens is 468 g/mol. The van der Waals surface area contributed by atoms with E-state index in [1.165, 1.54) is 12.7 Å². The van der Waals surface area contributed by atoms with Gasteiger partial charge in [0.2, 0.25) is 5.82 Å². The molecule has 1 N–H and O–H groups in total. The summed E-state index contributed by atoms with van der Waals surface area (Å²) in [5.74, 6) is 1.18. The van der Waals surface area contributed by atoms with Crippen LogP contribution in [0.15, 0.2) is 65.4 Å². The first-order chi connectivity index (χ1) is 18.1. The number of nitrogens with one attached hydrogen (secondary N) is 1. The predicted molar refractivity (Wildman–Crippen MR) is 141 cm³/mol. The van der Waals surface area contributed by atoms with Gasteiger partial charge in [-0.1, -0.05) is 62.4 Å². The molecule has 0 fully saturated rings. The van der Waals surface area contributed by atoms with Gasteiger partial charge >= 0.3 is 5.97 Å². The Morgan fingerprint density at radius 3 is 2.57 bits per heavy atom. The third-order valence-corrected chi connectivity index (χ3v) is 6.68. The third-order valence-electron chi connectivity index (χ3n) is 6.68. The highest BCUT2D eigenvalue weighted by Gasteiger charge is 2.37. The number of hydrogen-bond donors (Lipinski definition) is 1. The van der Waals surface area contributed by atoms with E-state index in [-0.39, 0.29) is 18.7 Å². The molecule has 0 amide bonds. The fourth-order valence-corrected chi connectivity index (χ4v) is 4.90. The average molecular weight is 501 g/mol. The lowest BCUT2D eigenvalue weighted by Gasteiger charge is -2.37. The molecule has 0 bridgehead atoms. The predicted octanol–water partition coefficient (Wildman–Crippen LogP) is 3.48. The molecule has 3 heterocycles. The minimum absolute atomic E-state index is 0.0154. The van der Waals surface area contributed by atoms with Crippen LogP contribution in [0, 0.1) is 0 Å². The Hall–Kier alpha value is -4.21. The first-order valence-corrected chi connectivity index (χ1v) is 12.7. The van der Waals surface area contributed by atoms with Crippen molar-refractivity contribution in [1.82, 2.24) is 35.3 Å². The summed E-state index contributed by atoms with van der Waals surface area (Å²) in [4.78, 5) is 23.8. The van der Waals surface area contributed by atoms with Gasteiger partial charge in [-0.25, -0.2) is 4.99 Å². The second-order valence-electron chi connectivity index (χ2n) is 9.19. The summed E-state index contributed by atoms with van der Waals surface area (Å²) in [5.41, 5.74) is 5.31. The normalized spacial score (nSPS) is 16.9. The standard InChI is InChI=1S/C27H32N8O2/c1-4-14-33-16-23-27(34(18-33)17-25(36)37-3)28-24(5-2)35(23)15-19-10-12-20(13-11-19)21-8-6-7-9-22(21)26-29-31-32-30-26/h6-13,16,24H,4-5,14-15,17-18H2,1-3H3,(H,29,30,31,32). The van der Waals surface area contributed by atoms with Crippen LogP contribution in [0.4, 0.5) is 0 Å². The zero-order valence-electron chi connectivity index (χ0n) is 21.5. The van der Waals surface area contributed by atoms with Crippen molar-refractivity contribution in [3.63, 3.8) is 0 Å². The van der Waals surface area contributed by atoms with E-state index in [1.807, 2.05) is 23.1 Å². The van der Waals surface area contributed by atoms with Gasteiger partial charge in [-0.3, -0.25) is 4.79 Å². The molecule has 10 heteroatoms. The molecule has 2 aliphatic heterocycles. The largest absolute Gasteiger partial charge is 0.468 e. The summed E-state index contributed by atoms with van der Waals surface area (Å²) in [7, 11) is 1.43.